The molecular formula is C20H17FIN5O2. The van der Waals surface area contributed by atoms with Crippen molar-refractivity contribution in [2.45, 2.75) is 38.8 Å². The van der Waals surface area contributed by atoms with Crippen molar-refractivity contribution >= 4 is 45.7 Å². The number of aryl methyl sites for hydroxylation is 1. The molecular weight excluding hydrogens is 488 g/mol. The minimum atomic E-state index is -0.583. The van der Waals surface area contributed by atoms with Gasteiger partial charge in [-0.25, -0.2) is 14.4 Å². The van der Waals surface area contributed by atoms with Crippen molar-refractivity contribution in [3.05, 3.63) is 52.8 Å². The van der Waals surface area contributed by atoms with Gasteiger partial charge in [0.05, 0.1) is 45.9 Å². The van der Waals surface area contributed by atoms with Crippen molar-refractivity contribution in [2.24, 2.45) is 0 Å². The predicted octanol–water partition coefficient (Wildman–Crippen LogP) is 4.50. The first-order chi connectivity index (χ1) is 13.8. The van der Waals surface area contributed by atoms with Crippen LogP contribution in [0.5, 0.6) is 0 Å². The number of hydrogen-bond donors (Lipinski definition) is 1. The Kier molecular flexibility index (Phi) is 4.90. The van der Waals surface area contributed by atoms with E-state index in [0.29, 0.717) is 33.8 Å². The van der Waals surface area contributed by atoms with E-state index in [-0.39, 0.29) is 23.6 Å². The summed E-state index contributed by atoms with van der Waals surface area (Å²) < 4.78 is 20.7. The van der Waals surface area contributed by atoms with Crippen LogP contribution in [0.4, 0.5) is 10.2 Å². The molecule has 0 spiro atoms. The van der Waals surface area contributed by atoms with Crippen LogP contribution < -0.4 is 5.32 Å². The van der Waals surface area contributed by atoms with Gasteiger partial charge in [0.15, 0.2) is 0 Å². The predicted molar refractivity (Wildman–Crippen MR) is 113 cm³/mol. The number of carbonyl (C=O) groups excluding carboxylic acids is 1. The molecule has 0 bridgehead atoms. The minimum absolute atomic E-state index is 0.0292. The standard InChI is InChI=1S/C20H17FIN5O2/c1-11-15(16-17(26-20(2)5-6-20)24-10-25-18(16)29-11)19(28)27(22)9-12-3-4-14(21)13(7-12)8-23/h3-4,7,10H,5-6,9H2,1-2H3,(H,24,25,26). The number of halogens is 2. The Labute approximate surface area is 180 Å². The molecule has 0 saturated heterocycles. The fraction of sp³-hybridized carbons (Fsp3) is 0.300. The Bertz CT molecular complexity index is 1170. The maximum Gasteiger partial charge on any atom is 0.267 e. The normalized spacial score (nSPS) is 14.4. The summed E-state index contributed by atoms with van der Waals surface area (Å²) in [7, 11) is 0. The van der Waals surface area contributed by atoms with Gasteiger partial charge < -0.3 is 9.73 Å². The van der Waals surface area contributed by atoms with Crippen molar-refractivity contribution < 1.29 is 13.6 Å². The van der Waals surface area contributed by atoms with E-state index in [1.807, 2.05) is 28.9 Å². The second-order valence-electron chi connectivity index (χ2n) is 7.37. The van der Waals surface area contributed by atoms with Crippen LogP contribution in [0.3, 0.4) is 0 Å². The number of furan rings is 1. The third-order valence-corrected chi connectivity index (χ3v) is 5.77. The Morgan fingerprint density at radius 3 is 2.90 bits per heavy atom. The van der Waals surface area contributed by atoms with Crippen molar-refractivity contribution in [1.29, 1.82) is 5.26 Å². The van der Waals surface area contributed by atoms with Crippen LogP contribution in [0.15, 0.2) is 28.9 Å². The van der Waals surface area contributed by atoms with E-state index in [4.69, 9.17) is 9.68 Å². The summed E-state index contributed by atoms with van der Waals surface area (Å²) in [5, 5.41) is 13.0. The van der Waals surface area contributed by atoms with E-state index < -0.39 is 5.82 Å². The van der Waals surface area contributed by atoms with Gasteiger partial charge in [0, 0.05) is 5.54 Å². The number of carbonyl (C=O) groups is 1. The van der Waals surface area contributed by atoms with Crippen LogP contribution in [-0.2, 0) is 6.54 Å². The lowest BCUT2D eigenvalue weighted by molar-refractivity contribution is 0.0883. The molecule has 1 aliphatic rings. The molecule has 0 unspecified atom stereocenters. The molecule has 9 heteroatoms. The molecule has 1 saturated carbocycles. The van der Waals surface area contributed by atoms with Gasteiger partial charge >= 0.3 is 0 Å². The van der Waals surface area contributed by atoms with Crippen LogP contribution in [0, 0.1) is 24.1 Å². The highest BCUT2D eigenvalue weighted by Gasteiger charge is 2.38. The smallest absolute Gasteiger partial charge is 0.267 e. The van der Waals surface area contributed by atoms with Crippen LogP contribution >= 0.6 is 22.9 Å². The second kappa shape index (κ2) is 7.26. The molecule has 1 amide bonds. The second-order valence-corrected chi connectivity index (χ2v) is 8.54. The van der Waals surface area contributed by atoms with Crippen LogP contribution in [0.2, 0.25) is 0 Å². The first-order valence-electron chi connectivity index (χ1n) is 9.00. The number of nitrogens with zero attached hydrogens (tertiary/aromatic N) is 4. The fourth-order valence-corrected chi connectivity index (χ4v) is 3.74. The molecule has 0 atom stereocenters. The fourth-order valence-electron chi connectivity index (χ4n) is 3.10. The van der Waals surface area contributed by atoms with E-state index >= 15 is 0 Å². The van der Waals surface area contributed by atoms with Crippen molar-refractivity contribution in [2.75, 3.05) is 5.32 Å². The molecule has 29 heavy (non-hydrogen) atoms. The lowest BCUT2D eigenvalue weighted by Gasteiger charge is -2.16. The van der Waals surface area contributed by atoms with E-state index in [1.165, 1.54) is 21.6 Å². The maximum absolute atomic E-state index is 13.6. The average molecular weight is 505 g/mol. The van der Waals surface area contributed by atoms with E-state index in [0.717, 1.165) is 12.8 Å². The molecule has 7 nitrogen and oxygen atoms in total. The van der Waals surface area contributed by atoms with Gasteiger partial charge in [0.25, 0.3) is 5.91 Å². The number of amides is 1. The number of hydrogen-bond acceptors (Lipinski definition) is 6. The minimum Gasteiger partial charge on any atom is -0.442 e. The van der Waals surface area contributed by atoms with Gasteiger partial charge in [-0.15, -0.1) is 0 Å². The highest BCUT2D eigenvalue weighted by Crippen LogP contribution is 2.40. The van der Waals surface area contributed by atoms with Crippen LogP contribution in [-0.4, -0.2) is 24.5 Å². The SMILES string of the molecule is Cc1oc2ncnc(NC3(C)CC3)c2c1C(=O)N(I)Cc1ccc(F)c(C#N)c1. The third kappa shape index (κ3) is 3.76. The molecule has 4 rings (SSSR count). The summed E-state index contributed by atoms with van der Waals surface area (Å²) in [5.74, 6) is 0.172. The molecule has 0 aliphatic heterocycles. The molecule has 1 N–H and O–H groups in total. The van der Waals surface area contributed by atoms with Gasteiger partial charge in [-0.3, -0.25) is 7.91 Å². The zero-order valence-electron chi connectivity index (χ0n) is 15.8. The number of nitrogens with one attached hydrogen (secondary N) is 1. The Balaban J connectivity index is 1.67. The Morgan fingerprint density at radius 1 is 1.45 bits per heavy atom. The molecule has 2 aromatic heterocycles. The molecule has 2 heterocycles. The first kappa shape index (κ1) is 19.6. The number of anilines is 1. The van der Waals surface area contributed by atoms with Gasteiger partial charge in [0.1, 0.15) is 29.8 Å². The lowest BCUT2D eigenvalue weighted by Crippen LogP contribution is -2.22. The lowest BCUT2D eigenvalue weighted by atomic mass is 10.1. The average Bonchev–Trinajstić information content (AvgIpc) is 3.31. The Morgan fingerprint density at radius 2 is 2.21 bits per heavy atom. The molecule has 1 fully saturated rings. The van der Waals surface area contributed by atoms with Crippen molar-refractivity contribution in [3.63, 3.8) is 0 Å². The number of rotatable bonds is 5. The van der Waals surface area contributed by atoms with E-state index in [1.54, 1.807) is 13.0 Å². The number of nitriles is 1. The molecule has 3 aromatic rings. The van der Waals surface area contributed by atoms with Gasteiger partial charge in [-0.2, -0.15) is 5.26 Å². The topological polar surface area (TPSA) is 95.1 Å². The maximum atomic E-state index is 13.6. The highest BCUT2D eigenvalue weighted by molar-refractivity contribution is 14.1. The Hall–Kier alpha value is -2.74. The number of benzene rings is 1. The molecule has 1 aliphatic carbocycles. The summed E-state index contributed by atoms with van der Waals surface area (Å²) in [4.78, 5) is 21.7. The quantitative estimate of drug-likeness (QED) is 0.406. The zero-order chi connectivity index (χ0) is 20.8. The van der Waals surface area contributed by atoms with E-state index in [9.17, 15) is 9.18 Å². The molecule has 148 valence electrons. The van der Waals surface area contributed by atoms with Gasteiger partial charge in [-0.1, -0.05) is 6.07 Å². The summed E-state index contributed by atoms with van der Waals surface area (Å²) >= 11 is 1.91. The monoisotopic (exact) mass is 505 g/mol. The van der Waals surface area contributed by atoms with Crippen molar-refractivity contribution in [3.8, 4) is 6.07 Å². The first-order valence-corrected chi connectivity index (χ1v) is 9.96. The van der Waals surface area contributed by atoms with Gasteiger partial charge in [-0.05, 0) is 44.4 Å². The number of fused-ring (bicyclic) bond motifs is 1. The van der Waals surface area contributed by atoms with Crippen molar-refractivity contribution in [1.82, 2.24) is 13.1 Å². The third-order valence-electron chi connectivity index (χ3n) is 4.99. The van der Waals surface area contributed by atoms with Crippen LogP contribution in [0.25, 0.3) is 11.1 Å². The van der Waals surface area contributed by atoms with Gasteiger partial charge in [0.2, 0.25) is 5.71 Å². The molecule has 0 radical (unpaired) electrons. The molecule has 1 aromatic carbocycles. The van der Waals surface area contributed by atoms with E-state index in [2.05, 4.69) is 22.2 Å². The highest BCUT2D eigenvalue weighted by atomic mass is 127. The summed E-state index contributed by atoms with van der Waals surface area (Å²) in [5.41, 5.74) is 1.31. The summed E-state index contributed by atoms with van der Waals surface area (Å²) in [6.07, 6.45) is 3.48. The zero-order valence-corrected chi connectivity index (χ0v) is 17.9. The largest absolute Gasteiger partial charge is 0.442 e. The summed E-state index contributed by atoms with van der Waals surface area (Å²) in [6, 6.07) is 6.04. The number of aromatic nitrogens is 2. The van der Waals surface area contributed by atoms with Crippen LogP contribution in [0.1, 0.15) is 47.0 Å². The summed E-state index contributed by atoms with van der Waals surface area (Å²) in [6.45, 7) is 4.02.